The highest BCUT2D eigenvalue weighted by Crippen LogP contribution is 2.30. The van der Waals surface area contributed by atoms with Crippen molar-refractivity contribution in [3.63, 3.8) is 0 Å². The van der Waals surface area contributed by atoms with E-state index in [1.54, 1.807) is 6.20 Å². The van der Waals surface area contributed by atoms with Gasteiger partial charge in [0.25, 0.3) is 11.6 Å². The number of carbonyl (C=O) groups excluding carboxylic acids is 1. The number of nitrogens with zero attached hydrogens (tertiary/aromatic N) is 3. The van der Waals surface area contributed by atoms with E-state index in [1.807, 2.05) is 24.8 Å². The Labute approximate surface area is 141 Å². The Morgan fingerprint density at radius 3 is 2.87 bits per heavy atom. The van der Waals surface area contributed by atoms with Gasteiger partial charge in [-0.15, -0.1) is 12.4 Å². The minimum absolute atomic E-state index is 0. The Morgan fingerprint density at radius 1 is 1.52 bits per heavy atom. The second-order valence-electron chi connectivity index (χ2n) is 6.79. The molecule has 1 amide bonds. The molecule has 1 aliphatic rings. The summed E-state index contributed by atoms with van der Waals surface area (Å²) in [7, 11) is 0. The number of carbonyl (C=O) groups is 1. The molecular weight excluding hydrogens is 316 g/mol. The van der Waals surface area contributed by atoms with Crippen molar-refractivity contribution in [2.45, 2.75) is 33.1 Å². The first-order chi connectivity index (χ1) is 10.4. The summed E-state index contributed by atoms with van der Waals surface area (Å²) in [6.45, 7) is 8.24. The van der Waals surface area contributed by atoms with Crippen molar-refractivity contribution in [2.75, 3.05) is 19.6 Å². The van der Waals surface area contributed by atoms with Crippen LogP contribution in [0.15, 0.2) is 16.8 Å². The van der Waals surface area contributed by atoms with Crippen LogP contribution in [0.5, 0.6) is 0 Å². The fraction of sp³-hybridized carbons (Fsp3) is 0.562. The zero-order valence-electron chi connectivity index (χ0n) is 13.7. The Morgan fingerprint density at radius 2 is 2.26 bits per heavy atom. The van der Waals surface area contributed by atoms with Crippen LogP contribution in [0.2, 0.25) is 0 Å². The van der Waals surface area contributed by atoms with Gasteiger partial charge in [-0.3, -0.25) is 4.79 Å². The molecular formula is C16H23ClN4O2. The second-order valence-corrected chi connectivity index (χ2v) is 6.79. The van der Waals surface area contributed by atoms with E-state index < -0.39 is 0 Å². The molecule has 7 heteroatoms. The number of likely N-dealkylation sites (tertiary alicyclic amines) is 1. The molecule has 1 aliphatic heterocycles. The molecule has 6 nitrogen and oxygen atoms in total. The SMILES string of the molecule is CC(C)c1noc2ncc(C(=O)N3CCC(C)(CN)C3)cc12.Cl. The first kappa shape index (κ1) is 17.7. The summed E-state index contributed by atoms with van der Waals surface area (Å²) in [5, 5.41) is 4.87. The van der Waals surface area contributed by atoms with Crippen LogP contribution in [0.1, 0.15) is 49.2 Å². The zero-order chi connectivity index (χ0) is 15.9. The maximum Gasteiger partial charge on any atom is 0.257 e. The number of pyridine rings is 1. The Hall–Kier alpha value is -1.66. The monoisotopic (exact) mass is 338 g/mol. The molecule has 1 atom stereocenters. The van der Waals surface area contributed by atoms with Gasteiger partial charge in [0.1, 0.15) is 0 Å². The van der Waals surface area contributed by atoms with E-state index in [0.717, 1.165) is 24.0 Å². The van der Waals surface area contributed by atoms with Gasteiger partial charge < -0.3 is 15.2 Å². The lowest BCUT2D eigenvalue weighted by molar-refractivity contribution is 0.0776. The average Bonchev–Trinajstić information content (AvgIpc) is 3.10. The van der Waals surface area contributed by atoms with Gasteiger partial charge in [0.05, 0.1) is 16.6 Å². The van der Waals surface area contributed by atoms with E-state index in [9.17, 15) is 4.79 Å². The largest absolute Gasteiger partial charge is 0.338 e. The van der Waals surface area contributed by atoms with Gasteiger partial charge in [-0.05, 0) is 30.4 Å². The number of aromatic nitrogens is 2. The molecule has 23 heavy (non-hydrogen) atoms. The zero-order valence-corrected chi connectivity index (χ0v) is 14.5. The summed E-state index contributed by atoms with van der Waals surface area (Å²) in [6, 6.07) is 1.84. The van der Waals surface area contributed by atoms with E-state index in [0.29, 0.717) is 24.4 Å². The second kappa shape index (κ2) is 6.45. The van der Waals surface area contributed by atoms with Crippen LogP contribution in [0.3, 0.4) is 0 Å². The van der Waals surface area contributed by atoms with Gasteiger partial charge in [-0.2, -0.15) is 0 Å². The predicted octanol–water partition coefficient (Wildman–Crippen LogP) is 2.58. The molecule has 3 heterocycles. The Balaban J connectivity index is 0.00000192. The van der Waals surface area contributed by atoms with Gasteiger partial charge in [-0.1, -0.05) is 25.9 Å². The molecule has 126 valence electrons. The normalized spacial score (nSPS) is 21.0. The molecule has 0 spiro atoms. The number of amides is 1. The summed E-state index contributed by atoms with van der Waals surface area (Å²) in [5.41, 5.74) is 7.73. The standard InChI is InChI=1S/C16H22N4O2.ClH/c1-10(2)13-12-6-11(7-18-14(12)22-19-13)15(21)20-5-4-16(3,8-17)9-20;/h6-7,10H,4-5,8-9,17H2,1-3H3;1H. The molecule has 0 aromatic carbocycles. The minimum Gasteiger partial charge on any atom is -0.338 e. The van der Waals surface area contributed by atoms with E-state index in [-0.39, 0.29) is 29.6 Å². The number of fused-ring (bicyclic) bond motifs is 1. The molecule has 1 unspecified atom stereocenters. The smallest absolute Gasteiger partial charge is 0.257 e. The van der Waals surface area contributed by atoms with E-state index in [1.165, 1.54) is 0 Å². The van der Waals surface area contributed by atoms with Gasteiger partial charge >= 0.3 is 0 Å². The fourth-order valence-electron chi connectivity index (χ4n) is 2.93. The summed E-state index contributed by atoms with van der Waals surface area (Å²) < 4.78 is 5.22. The molecule has 1 saturated heterocycles. The molecule has 0 bridgehead atoms. The number of halogens is 1. The highest BCUT2D eigenvalue weighted by molar-refractivity contribution is 5.97. The number of hydrogen-bond donors (Lipinski definition) is 1. The van der Waals surface area contributed by atoms with Gasteiger partial charge in [0.2, 0.25) is 0 Å². The van der Waals surface area contributed by atoms with Gasteiger partial charge in [0, 0.05) is 19.3 Å². The van der Waals surface area contributed by atoms with Gasteiger partial charge in [-0.25, -0.2) is 4.98 Å². The summed E-state index contributed by atoms with van der Waals surface area (Å²) in [4.78, 5) is 18.8. The maximum absolute atomic E-state index is 12.7. The van der Waals surface area contributed by atoms with Crippen molar-refractivity contribution in [1.82, 2.24) is 15.0 Å². The van der Waals surface area contributed by atoms with Crippen LogP contribution < -0.4 is 5.73 Å². The number of rotatable bonds is 3. The lowest BCUT2D eigenvalue weighted by Gasteiger charge is -2.22. The third-order valence-corrected chi connectivity index (χ3v) is 4.49. The lowest BCUT2D eigenvalue weighted by Crippen LogP contribution is -2.34. The molecule has 1 fully saturated rings. The van der Waals surface area contributed by atoms with E-state index >= 15 is 0 Å². The van der Waals surface area contributed by atoms with Crippen LogP contribution in [-0.2, 0) is 0 Å². The quantitative estimate of drug-likeness (QED) is 0.929. The molecule has 2 N–H and O–H groups in total. The molecule has 0 aliphatic carbocycles. The van der Waals surface area contributed by atoms with Crippen molar-refractivity contribution in [3.8, 4) is 0 Å². The third kappa shape index (κ3) is 3.19. The molecule has 3 rings (SSSR count). The van der Waals surface area contributed by atoms with Crippen molar-refractivity contribution in [3.05, 3.63) is 23.5 Å². The van der Waals surface area contributed by atoms with Gasteiger partial charge in [0.15, 0.2) is 0 Å². The van der Waals surface area contributed by atoms with Crippen LogP contribution in [-0.4, -0.2) is 40.6 Å². The average molecular weight is 339 g/mol. The Kier molecular flexibility index (Phi) is 4.96. The van der Waals surface area contributed by atoms with Crippen LogP contribution in [0.25, 0.3) is 11.1 Å². The Bertz CT molecular complexity index is 715. The first-order valence-corrected chi connectivity index (χ1v) is 7.68. The highest BCUT2D eigenvalue weighted by atomic mass is 35.5. The van der Waals surface area contributed by atoms with Crippen LogP contribution >= 0.6 is 12.4 Å². The fourth-order valence-corrected chi connectivity index (χ4v) is 2.93. The van der Waals surface area contributed by atoms with Crippen LogP contribution in [0.4, 0.5) is 0 Å². The third-order valence-electron chi connectivity index (χ3n) is 4.49. The van der Waals surface area contributed by atoms with Crippen molar-refractivity contribution in [2.24, 2.45) is 11.1 Å². The first-order valence-electron chi connectivity index (χ1n) is 7.68. The topological polar surface area (TPSA) is 85.2 Å². The lowest BCUT2D eigenvalue weighted by atomic mass is 9.90. The van der Waals surface area contributed by atoms with E-state index in [2.05, 4.69) is 17.1 Å². The summed E-state index contributed by atoms with van der Waals surface area (Å²) in [6.07, 6.45) is 2.51. The molecule has 2 aromatic rings. The van der Waals surface area contributed by atoms with E-state index in [4.69, 9.17) is 10.3 Å². The van der Waals surface area contributed by atoms with Crippen molar-refractivity contribution < 1.29 is 9.32 Å². The highest BCUT2D eigenvalue weighted by Gasteiger charge is 2.35. The molecule has 0 radical (unpaired) electrons. The molecule has 2 aromatic heterocycles. The summed E-state index contributed by atoms with van der Waals surface area (Å²) in [5.74, 6) is 0.225. The van der Waals surface area contributed by atoms with Crippen LogP contribution in [0, 0.1) is 5.41 Å². The maximum atomic E-state index is 12.7. The minimum atomic E-state index is 0. The van der Waals surface area contributed by atoms with Crippen molar-refractivity contribution in [1.29, 1.82) is 0 Å². The number of hydrogen-bond acceptors (Lipinski definition) is 5. The molecule has 0 saturated carbocycles. The predicted molar refractivity (Wildman–Crippen MR) is 90.8 cm³/mol. The van der Waals surface area contributed by atoms with Crippen molar-refractivity contribution >= 4 is 29.4 Å². The number of nitrogens with two attached hydrogens (primary N) is 1. The summed E-state index contributed by atoms with van der Waals surface area (Å²) >= 11 is 0.